The molecule has 0 saturated carbocycles. The van der Waals surface area contributed by atoms with Gasteiger partial charge in [-0.15, -0.1) is 11.3 Å². The number of hydrogen-bond donors (Lipinski definition) is 0. The Morgan fingerprint density at radius 1 is 1.38 bits per heavy atom. The first-order chi connectivity index (χ1) is 12.7. The predicted molar refractivity (Wildman–Crippen MR) is 99.5 cm³/mol. The summed E-state index contributed by atoms with van der Waals surface area (Å²) in [5, 5.41) is 5.03. The highest BCUT2D eigenvalue weighted by Gasteiger charge is 2.28. The lowest BCUT2D eigenvalue weighted by Gasteiger charge is -2.18. The summed E-state index contributed by atoms with van der Waals surface area (Å²) in [7, 11) is 3.57. The summed E-state index contributed by atoms with van der Waals surface area (Å²) >= 11 is 1.56. The molecule has 0 bridgehead atoms. The quantitative estimate of drug-likeness (QED) is 0.690. The second-order valence-electron chi connectivity index (χ2n) is 6.06. The normalized spacial score (nSPS) is 12.5. The highest BCUT2D eigenvalue weighted by molar-refractivity contribution is 7.16. The lowest BCUT2D eigenvalue weighted by atomic mass is 10.0. The first-order valence-corrected chi connectivity index (χ1v) is 9.23. The van der Waals surface area contributed by atoms with Crippen LogP contribution >= 0.6 is 11.3 Å². The average Bonchev–Trinajstić information content (AvgIpc) is 3.26. The molecule has 3 aromatic heterocycles. The molecule has 1 aliphatic rings. The number of hydrogen-bond acceptors (Lipinski definition) is 6. The zero-order valence-corrected chi connectivity index (χ0v) is 15.5. The predicted octanol–water partition coefficient (Wildman–Crippen LogP) is 2.33. The summed E-state index contributed by atoms with van der Waals surface area (Å²) in [6.45, 7) is 0.860. The van der Waals surface area contributed by atoms with Crippen LogP contribution in [0.1, 0.15) is 21.1 Å². The van der Waals surface area contributed by atoms with Gasteiger partial charge in [0.05, 0.1) is 25.0 Å². The summed E-state index contributed by atoms with van der Waals surface area (Å²) in [6, 6.07) is 5.32. The second-order valence-corrected chi connectivity index (χ2v) is 7.12. The minimum atomic E-state index is -0.167. The summed E-state index contributed by atoms with van der Waals surface area (Å²) in [5.41, 5.74) is 3.59. The van der Waals surface area contributed by atoms with Crippen molar-refractivity contribution in [2.24, 2.45) is 7.05 Å². The zero-order chi connectivity index (χ0) is 18.1. The molecule has 8 heteroatoms. The van der Waals surface area contributed by atoms with E-state index in [1.54, 1.807) is 41.7 Å². The Balaban J connectivity index is 1.72. The van der Waals surface area contributed by atoms with E-state index in [0.29, 0.717) is 24.0 Å². The molecule has 1 aliphatic carbocycles. The number of anilines is 1. The molecule has 0 saturated heterocycles. The number of methoxy groups -OCH3 is 1. The average molecular weight is 369 g/mol. The largest absolute Gasteiger partial charge is 0.383 e. The van der Waals surface area contributed by atoms with Crippen LogP contribution in [0, 0.1) is 0 Å². The number of fused-ring (bicyclic) bond motifs is 3. The molecule has 0 unspecified atom stereocenters. The summed E-state index contributed by atoms with van der Waals surface area (Å²) < 4.78 is 7.09. The van der Waals surface area contributed by atoms with Gasteiger partial charge in [-0.1, -0.05) is 6.07 Å². The van der Waals surface area contributed by atoms with E-state index in [0.717, 1.165) is 24.1 Å². The third-order valence-corrected chi connectivity index (χ3v) is 5.61. The van der Waals surface area contributed by atoms with Crippen LogP contribution in [-0.2, 0) is 24.6 Å². The Labute approximate surface area is 155 Å². The van der Waals surface area contributed by atoms with E-state index in [2.05, 4.69) is 10.1 Å². The maximum atomic E-state index is 13.0. The van der Waals surface area contributed by atoms with Crippen molar-refractivity contribution in [1.82, 2.24) is 19.7 Å². The maximum absolute atomic E-state index is 13.0. The van der Waals surface area contributed by atoms with Crippen LogP contribution in [0.5, 0.6) is 0 Å². The smallest absolute Gasteiger partial charge is 0.278 e. The molecule has 0 aromatic carbocycles. The lowest BCUT2D eigenvalue weighted by molar-refractivity contribution is 0.0971. The Morgan fingerprint density at radius 2 is 2.27 bits per heavy atom. The molecule has 0 aliphatic heterocycles. The van der Waals surface area contributed by atoms with Gasteiger partial charge in [-0.05, 0) is 25.0 Å². The van der Waals surface area contributed by atoms with Crippen LogP contribution in [0.4, 0.5) is 5.13 Å². The maximum Gasteiger partial charge on any atom is 0.278 e. The summed E-state index contributed by atoms with van der Waals surface area (Å²) in [4.78, 5) is 24.8. The fraction of sp³-hybridized carbons (Fsp3) is 0.333. The Bertz CT molecular complexity index is 934. The molecule has 7 nitrogen and oxygen atoms in total. The third-order valence-electron chi connectivity index (χ3n) is 4.47. The number of thiazole rings is 1. The Hall–Kier alpha value is -2.58. The van der Waals surface area contributed by atoms with Gasteiger partial charge in [-0.25, -0.2) is 4.98 Å². The minimum Gasteiger partial charge on any atom is -0.383 e. The van der Waals surface area contributed by atoms with Crippen LogP contribution in [-0.4, -0.2) is 45.9 Å². The molecule has 0 fully saturated rings. The Kier molecular flexibility index (Phi) is 4.52. The van der Waals surface area contributed by atoms with E-state index < -0.39 is 0 Å². The van der Waals surface area contributed by atoms with Gasteiger partial charge >= 0.3 is 0 Å². The molecular formula is C18H19N5O2S. The van der Waals surface area contributed by atoms with Gasteiger partial charge < -0.3 is 4.74 Å². The van der Waals surface area contributed by atoms with Crippen molar-refractivity contribution in [2.75, 3.05) is 25.2 Å². The molecular weight excluding hydrogens is 350 g/mol. The van der Waals surface area contributed by atoms with E-state index in [9.17, 15) is 4.79 Å². The number of aryl methyl sites for hydroxylation is 2. The van der Waals surface area contributed by atoms with Crippen molar-refractivity contribution < 1.29 is 9.53 Å². The number of rotatable bonds is 5. The van der Waals surface area contributed by atoms with Crippen LogP contribution in [0.15, 0.2) is 30.6 Å². The van der Waals surface area contributed by atoms with Gasteiger partial charge in [0.15, 0.2) is 5.13 Å². The van der Waals surface area contributed by atoms with Gasteiger partial charge in [0, 0.05) is 36.5 Å². The zero-order valence-electron chi connectivity index (χ0n) is 14.7. The number of carbonyl (C=O) groups is 1. The van der Waals surface area contributed by atoms with E-state index in [1.807, 2.05) is 24.0 Å². The molecule has 3 aromatic rings. The van der Waals surface area contributed by atoms with Gasteiger partial charge in [-0.3, -0.25) is 19.4 Å². The molecule has 4 rings (SSSR count). The van der Waals surface area contributed by atoms with Crippen molar-refractivity contribution in [3.63, 3.8) is 0 Å². The second kappa shape index (κ2) is 6.97. The molecule has 0 spiro atoms. The molecule has 0 atom stereocenters. The van der Waals surface area contributed by atoms with Crippen LogP contribution in [0.25, 0.3) is 11.3 Å². The van der Waals surface area contributed by atoms with Crippen molar-refractivity contribution >= 4 is 22.4 Å². The lowest BCUT2D eigenvalue weighted by Crippen LogP contribution is -2.34. The number of aromatic nitrogens is 4. The number of carbonyl (C=O) groups excluding carboxylic acids is 1. The summed E-state index contributed by atoms with van der Waals surface area (Å²) in [5.74, 6) is -0.167. The molecule has 1 amide bonds. The standard InChI is InChI=1S/C18H19N5O2S/c1-22-14-6-7-15-16(12(14)11-20-22)21-18(26-15)23(9-10-25-2)17(24)13-5-3-4-8-19-13/h3-5,8,11H,6-7,9-10H2,1-2H3. The molecule has 26 heavy (non-hydrogen) atoms. The third kappa shape index (κ3) is 2.91. The van der Waals surface area contributed by atoms with Crippen LogP contribution in [0.3, 0.4) is 0 Å². The van der Waals surface area contributed by atoms with Crippen molar-refractivity contribution in [2.45, 2.75) is 12.8 Å². The number of nitrogens with zero attached hydrogens (tertiary/aromatic N) is 5. The first kappa shape index (κ1) is 16.9. The summed E-state index contributed by atoms with van der Waals surface area (Å²) in [6.07, 6.45) is 5.33. The van der Waals surface area contributed by atoms with Crippen LogP contribution < -0.4 is 4.90 Å². The highest BCUT2D eigenvalue weighted by Crippen LogP contribution is 2.39. The number of amides is 1. The van der Waals surface area contributed by atoms with Gasteiger partial charge in [0.25, 0.3) is 5.91 Å². The fourth-order valence-electron chi connectivity index (χ4n) is 3.12. The molecule has 0 radical (unpaired) electrons. The monoisotopic (exact) mass is 369 g/mol. The van der Waals surface area contributed by atoms with Gasteiger partial charge in [0.2, 0.25) is 0 Å². The fourth-order valence-corrected chi connectivity index (χ4v) is 4.22. The van der Waals surface area contributed by atoms with Gasteiger partial charge in [0.1, 0.15) is 5.69 Å². The van der Waals surface area contributed by atoms with Crippen LogP contribution in [0.2, 0.25) is 0 Å². The van der Waals surface area contributed by atoms with E-state index in [1.165, 1.54) is 10.6 Å². The topological polar surface area (TPSA) is 73.1 Å². The van der Waals surface area contributed by atoms with Gasteiger partial charge in [-0.2, -0.15) is 5.10 Å². The number of ether oxygens (including phenoxy) is 1. The molecule has 0 N–H and O–H groups in total. The minimum absolute atomic E-state index is 0.167. The molecule has 3 heterocycles. The highest BCUT2D eigenvalue weighted by atomic mass is 32.1. The SMILES string of the molecule is COCCN(C(=O)c1ccccn1)c1nc2c(s1)CCc1c-2cnn1C. The van der Waals surface area contributed by atoms with E-state index in [-0.39, 0.29) is 5.91 Å². The van der Waals surface area contributed by atoms with E-state index >= 15 is 0 Å². The van der Waals surface area contributed by atoms with E-state index in [4.69, 9.17) is 9.72 Å². The van der Waals surface area contributed by atoms with Crippen molar-refractivity contribution in [1.29, 1.82) is 0 Å². The Morgan fingerprint density at radius 3 is 3.04 bits per heavy atom. The first-order valence-electron chi connectivity index (χ1n) is 8.42. The van der Waals surface area contributed by atoms with Crippen molar-refractivity contribution in [3.05, 3.63) is 46.9 Å². The number of pyridine rings is 1. The molecule has 134 valence electrons. The van der Waals surface area contributed by atoms with Crippen molar-refractivity contribution in [3.8, 4) is 11.3 Å².